The fourth-order valence-corrected chi connectivity index (χ4v) is 1.67. The van der Waals surface area contributed by atoms with Gasteiger partial charge in [-0.2, -0.15) is 0 Å². The van der Waals surface area contributed by atoms with E-state index in [9.17, 15) is 8.78 Å². The van der Waals surface area contributed by atoms with Gasteiger partial charge in [-0.3, -0.25) is 0 Å². The normalized spacial score (nSPS) is 13.1. The van der Waals surface area contributed by atoms with E-state index in [0.717, 1.165) is 25.2 Å². The molecule has 0 spiro atoms. The van der Waals surface area contributed by atoms with Gasteiger partial charge in [0.25, 0.3) is 6.43 Å². The predicted molar refractivity (Wildman–Crippen MR) is 65.8 cm³/mol. The van der Waals surface area contributed by atoms with Crippen LogP contribution in [0.15, 0.2) is 12.4 Å². The van der Waals surface area contributed by atoms with E-state index in [1.54, 1.807) is 12.4 Å². The SMILES string of the molecule is CCCNC(CCOCC(F)F)Cc1ncc[nH]1. The van der Waals surface area contributed by atoms with Crippen molar-refractivity contribution in [2.45, 2.75) is 38.7 Å². The van der Waals surface area contributed by atoms with Gasteiger partial charge in [-0.15, -0.1) is 0 Å². The molecule has 1 heterocycles. The smallest absolute Gasteiger partial charge is 0.261 e. The third-order valence-electron chi connectivity index (χ3n) is 2.53. The maximum Gasteiger partial charge on any atom is 0.261 e. The molecule has 1 unspecified atom stereocenters. The molecule has 0 radical (unpaired) electrons. The van der Waals surface area contributed by atoms with Crippen LogP contribution >= 0.6 is 0 Å². The van der Waals surface area contributed by atoms with Crippen LogP contribution in [0.3, 0.4) is 0 Å². The minimum atomic E-state index is -2.39. The summed E-state index contributed by atoms with van der Waals surface area (Å²) in [6.07, 6.45) is 3.58. The molecule has 104 valence electrons. The molecular formula is C12H21F2N3O. The first-order chi connectivity index (χ1) is 8.72. The highest BCUT2D eigenvalue weighted by Crippen LogP contribution is 2.03. The minimum Gasteiger partial charge on any atom is -0.375 e. The summed E-state index contributed by atoms with van der Waals surface area (Å²) < 4.78 is 28.7. The highest BCUT2D eigenvalue weighted by Gasteiger charge is 2.11. The minimum absolute atomic E-state index is 0.203. The van der Waals surface area contributed by atoms with E-state index in [1.807, 2.05) is 0 Å². The van der Waals surface area contributed by atoms with Crippen LogP contribution in [0.4, 0.5) is 8.78 Å². The molecule has 2 N–H and O–H groups in total. The van der Waals surface area contributed by atoms with Gasteiger partial charge < -0.3 is 15.0 Å². The molecule has 1 aromatic rings. The van der Waals surface area contributed by atoms with E-state index in [-0.39, 0.29) is 6.04 Å². The molecule has 1 aromatic heterocycles. The molecule has 0 amide bonds. The van der Waals surface area contributed by atoms with Crippen LogP contribution in [0.2, 0.25) is 0 Å². The number of H-pyrrole nitrogens is 1. The van der Waals surface area contributed by atoms with Gasteiger partial charge in [0.1, 0.15) is 12.4 Å². The monoisotopic (exact) mass is 261 g/mol. The number of alkyl halides is 2. The summed E-state index contributed by atoms with van der Waals surface area (Å²) in [5.41, 5.74) is 0. The molecule has 0 aliphatic carbocycles. The van der Waals surface area contributed by atoms with Gasteiger partial charge >= 0.3 is 0 Å². The summed E-state index contributed by atoms with van der Waals surface area (Å²) >= 11 is 0. The number of aromatic amines is 1. The Hall–Kier alpha value is -1.01. The van der Waals surface area contributed by atoms with E-state index in [2.05, 4.69) is 22.2 Å². The molecule has 0 bridgehead atoms. The second-order valence-electron chi connectivity index (χ2n) is 4.15. The number of aromatic nitrogens is 2. The van der Waals surface area contributed by atoms with Crippen molar-refractivity contribution >= 4 is 0 Å². The average Bonchev–Trinajstić information content (AvgIpc) is 2.83. The summed E-state index contributed by atoms with van der Waals surface area (Å²) in [4.78, 5) is 7.20. The molecular weight excluding hydrogens is 240 g/mol. The standard InChI is InChI=1S/C12H21F2N3O/c1-2-4-15-10(3-7-18-9-11(13)14)8-12-16-5-6-17-12/h5-6,10-11,15H,2-4,7-9H2,1H3,(H,16,17). The molecule has 4 nitrogen and oxygen atoms in total. The van der Waals surface area contributed by atoms with E-state index < -0.39 is 13.0 Å². The summed E-state index contributed by atoms with van der Waals surface area (Å²) in [6, 6.07) is 0.203. The van der Waals surface area contributed by atoms with Gasteiger partial charge in [0.15, 0.2) is 0 Å². The first-order valence-corrected chi connectivity index (χ1v) is 6.30. The van der Waals surface area contributed by atoms with Crippen LogP contribution in [-0.2, 0) is 11.2 Å². The van der Waals surface area contributed by atoms with Crippen molar-refractivity contribution in [1.82, 2.24) is 15.3 Å². The Bertz CT molecular complexity index is 294. The lowest BCUT2D eigenvalue weighted by Gasteiger charge is -2.17. The molecule has 0 saturated carbocycles. The number of ether oxygens (including phenoxy) is 1. The van der Waals surface area contributed by atoms with Crippen molar-refractivity contribution in [2.75, 3.05) is 19.8 Å². The van der Waals surface area contributed by atoms with E-state index in [4.69, 9.17) is 4.74 Å². The number of hydrogen-bond donors (Lipinski definition) is 2. The molecule has 0 aromatic carbocycles. The fraction of sp³-hybridized carbons (Fsp3) is 0.750. The Balaban J connectivity index is 2.26. The molecule has 0 fully saturated rings. The van der Waals surface area contributed by atoms with Crippen LogP contribution in [0.5, 0.6) is 0 Å². The maximum absolute atomic E-state index is 11.9. The Labute approximate surface area is 106 Å². The van der Waals surface area contributed by atoms with Crippen LogP contribution in [0, 0.1) is 0 Å². The molecule has 6 heteroatoms. The Morgan fingerprint density at radius 3 is 2.94 bits per heavy atom. The Morgan fingerprint density at radius 2 is 2.33 bits per heavy atom. The lowest BCUT2D eigenvalue weighted by Crippen LogP contribution is -2.33. The molecule has 0 aliphatic rings. The fourth-order valence-electron chi connectivity index (χ4n) is 1.67. The van der Waals surface area contributed by atoms with E-state index in [1.165, 1.54) is 0 Å². The van der Waals surface area contributed by atoms with Crippen LogP contribution in [-0.4, -0.2) is 42.2 Å². The van der Waals surface area contributed by atoms with Crippen molar-refractivity contribution in [2.24, 2.45) is 0 Å². The number of nitrogens with zero attached hydrogens (tertiary/aromatic N) is 1. The summed E-state index contributed by atoms with van der Waals surface area (Å²) in [5, 5.41) is 3.37. The quantitative estimate of drug-likeness (QED) is 0.633. The lowest BCUT2D eigenvalue weighted by molar-refractivity contribution is 0.0144. The predicted octanol–water partition coefficient (Wildman–Crippen LogP) is 1.99. The number of rotatable bonds is 10. The highest BCUT2D eigenvalue weighted by atomic mass is 19.3. The van der Waals surface area contributed by atoms with Crippen molar-refractivity contribution in [3.05, 3.63) is 18.2 Å². The molecule has 0 aliphatic heterocycles. The van der Waals surface area contributed by atoms with Crippen molar-refractivity contribution in [3.8, 4) is 0 Å². The zero-order valence-corrected chi connectivity index (χ0v) is 10.7. The third-order valence-corrected chi connectivity index (χ3v) is 2.53. The van der Waals surface area contributed by atoms with E-state index >= 15 is 0 Å². The molecule has 0 saturated heterocycles. The van der Waals surface area contributed by atoms with Gasteiger partial charge in [-0.1, -0.05) is 6.92 Å². The zero-order valence-electron chi connectivity index (χ0n) is 10.7. The first kappa shape index (κ1) is 15.0. The third kappa shape index (κ3) is 6.66. The Kier molecular flexibility index (Phi) is 7.52. The van der Waals surface area contributed by atoms with Crippen LogP contribution in [0.25, 0.3) is 0 Å². The topological polar surface area (TPSA) is 49.9 Å². The van der Waals surface area contributed by atoms with Crippen molar-refractivity contribution in [3.63, 3.8) is 0 Å². The number of imidazole rings is 1. The van der Waals surface area contributed by atoms with Gasteiger partial charge in [0.05, 0.1) is 0 Å². The van der Waals surface area contributed by atoms with Crippen LogP contribution in [0.1, 0.15) is 25.6 Å². The summed E-state index contributed by atoms with van der Waals surface area (Å²) in [7, 11) is 0. The summed E-state index contributed by atoms with van der Waals surface area (Å²) in [5.74, 6) is 0.900. The van der Waals surface area contributed by atoms with E-state index in [0.29, 0.717) is 13.0 Å². The lowest BCUT2D eigenvalue weighted by atomic mass is 10.1. The van der Waals surface area contributed by atoms with Crippen molar-refractivity contribution in [1.29, 1.82) is 0 Å². The highest BCUT2D eigenvalue weighted by molar-refractivity contribution is 4.91. The second kappa shape index (κ2) is 8.99. The zero-order chi connectivity index (χ0) is 13.2. The van der Waals surface area contributed by atoms with Crippen molar-refractivity contribution < 1.29 is 13.5 Å². The second-order valence-corrected chi connectivity index (χ2v) is 4.15. The average molecular weight is 261 g/mol. The number of hydrogen-bond acceptors (Lipinski definition) is 3. The van der Waals surface area contributed by atoms with Gasteiger partial charge in [0, 0.05) is 31.5 Å². The first-order valence-electron chi connectivity index (χ1n) is 6.30. The molecule has 18 heavy (non-hydrogen) atoms. The van der Waals surface area contributed by atoms with Gasteiger partial charge in [-0.05, 0) is 19.4 Å². The maximum atomic E-state index is 11.9. The Morgan fingerprint density at radius 1 is 1.50 bits per heavy atom. The molecule has 1 atom stereocenters. The van der Waals surface area contributed by atoms with Gasteiger partial charge in [0.2, 0.25) is 0 Å². The molecule has 1 rings (SSSR count). The van der Waals surface area contributed by atoms with Gasteiger partial charge in [-0.25, -0.2) is 13.8 Å². The largest absolute Gasteiger partial charge is 0.375 e. The number of halogens is 2. The van der Waals surface area contributed by atoms with Crippen LogP contribution < -0.4 is 5.32 Å². The summed E-state index contributed by atoms with van der Waals surface area (Å²) in [6.45, 7) is 2.85. The number of nitrogens with one attached hydrogen (secondary N) is 2.